The second-order valence-corrected chi connectivity index (χ2v) is 6.22. The van der Waals surface area contributed by atoms with E-state index < -0.39 is 9.84 Å². The lowest BCUT2D eigenvalue weighted by atomic mass is 10.5. The summed E-state index contributed by atoms with van der Waals surface area (Å²) in [4.78, 5) is 7.91. The molecule has 0 unspecified atom stereocenters. The lowest BCUT2D eigenvalue weighted by Gasteiger charge is -2.09. The maximum Gasteiger partial charge on any atom is 0.218 e. The van der Waals surface area contributed by atoms with Gasteiger partial charge >= 0.3 is 0 Å². The molecule has 1 rings (SSSR count). The Morgan fingerprint density at radius 3 is 2.71 bits per heavy atom. The van der Waals surface area contributed by atoms with Crippen LogP contribution in [0.5, 0.6) is 5.88 Å². The summed E-state index contributed by atoms with van der Waals surface area (Å²) in [5.41, 5.74) is 0. The predicted octanol–water partition coefficient (Wildman–Crippen LogP) is 0.720. The average molecular weight is 259 g/mol. The van der Waals surface area contributed by atoms with Gasteiger partial charge in [-0.05, 0) is 13.8 Å². The molecule has 0 radical (unpaired) electrons. The van der Waals surface area contributed by atoms with Gasteiger partial charge in [0.1, 0.15) is 22.0 Å². The molecule has 96 valence electrons. The zero-order valence-electron chi connectivity index (χ0n) is 10.2. The normalized spacial score (nSPS) is 11.5. The Hall–Kier alpha value is -1.37. The molecule has 17 heavy (non-hydrogen) atoms. The Balaban J connectivity index is 2.54. The van der Waals surface area contributed by atoms with E-state index in [1.807, 2.05) is 13.8 Å². The second kappa shape index (κ2) is 5.81. The zero-order valence-corrected chi connectivity index (χ0v) is 11.0. The highest BCUT2D eigenvalue weighted by Gasteiger charge is 2.04. The minimum Gasteiger partial charge on any atom is -0.475 e. The Kier molecular flexibility index (Phi) is 4.68. The van der Waals surface area contributed by atoms with E-state index in [-0.39, 0.29) is 11.9 Å². The van der Waals surface area contributed by atoms with Crippen LogP contribution in [0, 0.1) is 0 Å². The fraction of sp³-hybridized carbons (Fsp3) is 0.600. The number of nitrogens with zero attached hydrogens (tertiary/aromatic N) is 2. The van der Waals surface area contributed by atoms with Crippen LogP contribution in [0.4, 0.5) is 5.82 Å². The standard InChI is InChI=1S/C10H17N3O3S/c1-8(2)16-10-6-9(12-7-13-10)11-4-5-17(3,14)15/h6-8H,4-5H2,1-3H3,(H,11,12,13). The molecule has 0 atom stereocenters. The number of aromatic nitrogens is 2. The molecule has 0 aliphatic heterocycles. The highest BCUT2D eigenvalue weighted by atomic mass is 32.2. The molecule has 0 saturated carbocycles. The first kappa shape index (κ1) is 13.7. The molecule has 1 N–H and O–H groups in total. The third-order valence-electron chi connectivity index (χ3n) is 1.78. The highest BCUT2D eigenvalue weighted by molar-refractivity contribution is 7.90. The third-order valence-corrected chi connectivity index (χ3v) is 2.72. The molecule has 0 aromatic carbocycles. The summed E-state index contributed by atoms with van der Waals surface area (Å²) in [6.07, 6.45) is 2.61. The van der Waals surface area contributed by atoms with Crippen LogP contribution < -0.4 is 10.1 Å². The zero-order chi connectivity index (χ0) is 12.9. The van der Waals surface area contributed by atoms with Gasteiger partial charge in [-0.1, -0.05) is 0 Å². The van der Waals surface area contributed by atoms with E-state index in [2.05, 4.69) is 15.3 Å². The number of hydrogen-bond donors (Lipinski definition) is 1. The summed E-state index contributed by atoms with van der Waals surface area (Å²) in [5.74, 6) is 1.09. The Morgan fingerprint density at radius 2 is 2.12 bits per heavy atom. The molecule has 0 aliphatic carbocycles. The van der Waals surface area contributed by atoms with E-state index in [0.29, 0.717) is 18.2 Å². The highest BCUT2D eigenvalue weighted by Crippen LogP contribution is 2.12. The maximum absolute atomic E-state index is 10.9. The molecule has 0 saturated heterocycles. The first-order chi connectivity index (χ1) is 7.87. The SMILES string of the molecule is CC(C)Oc1cc(NCCS(C)(=O)=O)ncn1. The van der Waals surface area contributed by atoms with Crippen LogP contribution >= 0.6 is 0 Å². The first-order valence-corrected chi connectivity index (χ1v) is 7.33. The molecule has 7 heteroatoms. The topological polar surface area (TPSA) is 81.2 Å². The minimum absolute atomic E-state index is 0.0359. The van der Waals surface area contributed by atoms with Gasteiger partial charge in [-0.2, -0.15) is 0 Å². The number of hydrogen-bond acceptors (Lipinski definition) is 6. The van der Waals surface area contributed by atoms with Gasteiger partial charge in [0, 0.05) is 18.9 Å². The Bertz CT molecular complexity index is 460. The molecule has 6 nitrogen and oxygen atoms in total. The average Bonchev–Trinajstić information content (AvgIpc) is 2.15. The van der Waals surface area contributed by atoms with E-state index in [0.717, 1.165) is 0 Å². The molecule has 0 spiro atoms. The second-order valence-electron chi connectivity index (χ2n) is 3.96. The van der Waals surface area contributed by atoms with Gasteiger partial charge in [0.05, 0.1) is 11.9 Å². The van der Waals surface area contributed by atoms with E-state index in [9.17, 15) is 8.42 Å². The summed E-state index contributed by atoms with van der Waals surface area (Å²) in [7, 11) is -2.96. The molecule has 0 bridgehead atoms. The summed E-state index contributed by atoms with van der Waals surface area (Å²) >= 11 is 0. The number of anilines is 1. The largest absolute Gasteiger partial charge is 0.475 e. The van der Waals surface area contributed by atoms with Crippen LogP contribution in [0.2, 0.25) is 0 Å². The molecule has 1 aromatic rings. The Morgan fingerprint density at radius 1 is 1.41 bits per heavy atom. The van der Waals surface area contributed by atoms with Crippen molar-refractivity contribution in [2.45, 2.75) is 20.0 Å². The minimum atomic E-state index is -2.96. The molecule has 1 aromatic heterocycles. The van der Waals surface area contributed by atoms with Crippen LogP contribution in [-0.4, -0.2) is 43.0 Å². The van der Waals surface area contributed by atoms with Crippen molar-refractivity contribution in [3.63, 3.8) is 0 Å². The van der Waals surface area contributed by atoms with Gasteiger partial charge in [0.2, 0.25) is 5.88 Å². The molecule has 0 aliphatic rings. The van der Waals surface area contributed by atoms with Crippen molar-refractivity contribution in [2.75, 3.05) is 23.9 Å². The van der Waals surface area contributed by atoms with Crippen molar-refractivity contribution in [1.82, 2.24) is 9.97 Å². The van der Waals surface area contributed by atoms with E-state index in [1.54, 1.807) is 6.07 Å². The monoisotopic (exact) mass is 259 g/mol. The smallest absolute Gasteiger partial charge is 0.218 e. The molecular formula is C10H17N3O3S. The fourth-order valence-electron chi connectivity index (χ4n) is 1.11. The van der Waals surface area contributed by atoms with Crippen LogP contribution in [0.3, 0.4) is 0 Å². The fourth-order valence-corrected chi connectivity index (χ4v) is 1.58. The van der Waals surface area contributed by atoms with E-state index in [4.69, 9.17) is 4.74 Å². The van der Waals surface area contributed by atoms with Crippen LogP contribution in [-0.2, 0) is 9.84 Å². The molecule has 1 heterocycles. The quantitative estimate of drug-likeness (QED) is 0.810. The van der Waals surface area contributed by atoms with Crippen molar-refractivity contribution in [3.05, 3.63) is 12.4 Å². The van der Waals surface area contributed by atoms with Gasteiger partial charge in [-0.15, -0.1) is 0 Å². The van der Waals surface area contributed by atoms with Crippen LogP contribution in [0.25, 0.3) is 0 Å². The van der Waals surface area contributed by atoms with Gasteiger partial charge in [0.25, 0.3) is 0 Å². The van der Waals surface area contributed by atoms with Crippen LogP contribution in [0.1, 0.15) is 13.8 Å². The number of nitrogens with one attached hydrogen (secondary N) is 1. The number of rotatable bonds is 6. The number of ether oxygens (including phenoxy) is 1. The van der Waals surface area contributed by atoms with Gasteiger partial charge in [0.15, 0.2) is 0 Å². The van der Waals surface area contributed by atoms with Crippen molar-refractivity contribution in [1.29, 1.82) is 0 Å². The lowest BCUT2D eigenvalue weighted by Crippen LogP contribution is -2.15. The molecular weight excluding hydrogens is 242 g/mol. The van der Waals surface area contributed by atoms with Gasteiger partial charge in [-0.25, -0.2) is 18.4 Å². The summed E-state index contributed by atoms with van der Waals surface area (Å²) in [6, 6.07) is 1.64. The molecule has 0 amide bonds. The van der Waals surface area contributed by atoms with Gasteiger partial charge in [-0.3, -0.25) is 0 Å². The summed E-state index contributed by atoms with van der Waals surface area (Å²) in [5, 5.41) is 2.90. The van der Waals surface area contributed by atoms with Crippen molar-refractivity contribution >= 4 is 15.7 Å². The van der Waals surface area contributed by atoms with Crippen molar-refractivity contribution < 1.29 is 13.2 Å². The van der Waals surface area contributed by atoms with Crippen molar-refractivity contribution in [2.24, 2.45) is 0 Å². The van der Waals surface area contributed by atoms with Crippen LogP contribution in [0.15, 0.2) is 12.4 Å². The lowest BCUT2D eigenvalue weighted by molar-refractivity contribution is 0.232. The maximum atomic E-state index is 10.9. The third kappa shape index (κ3) is 6.06. The Labute approximate surface area is 101 Å². The molecule has 0 fully saturated rings. The summed E-state index contributed by atoms with van der Waals surface area (Å²) in [6.45, 7) is 4.12. The van der Waals surface area contributed by atoms with E-state index >= 15 is 0 Å². The van der Waals surface area contributed by atoms with E-state index in [1.165, 1.54) is 12.6 Å². The van der Waals surface area contributed by atoms with Crippen molar-refractivity contribution in [3.8, 4) is 5.88 Å². The van der Waals surface area contributed by atoms with Gasteiger partial charge < -0.3 is 10.1 Å². The first-order valence-electron chi connectivity index (χ1n) is 5.27. The predicted molar refractivity (Wildman–Crippen MR) is 66.0 cm³/mol. The number of sulfone groups is 1. The summed E-state index contributed by atoms with van der Waals surface area (Å²) < 4.78 is 27.3.